The predicted molar refractivity (Wildman–Crippen MR) is 251 cm³/mol. The van der Waals surface area contributed by atoms with Crippen LogP contribution in [0.5, 0.6) is 0 Å². The van der Waals surface area contributed by atoms with E-state index in [1.807, 2.05) is 0 Å². The van der Waals surface area contributed by atoms with Crippen molar-refractivity contribution in [3.63, 3.8) is 0 Å². The average Bonchev–Trinajstić information content (AvgIpc) is 3.96. The van der Waals surface area contributed by atoms with Crippen LogP contribution in [0.4, 0.5) is 11.6 Å². The molecule has 6 bridgehead atoms. The van der Waals surface area contributed by atoms with Crippen LogP contribution in [0.3, 0.4) is 0 Å². The number of amidine groups is 4. The lowest BCUT2D eigenvalue weighted by molar-refractivity contribution is 0.712. The quantitative estimate of drug-likeness (QED) is 0.0651. The summed E-state index contributed by atoms with van der Waals surface area (Å²) >= 11 is 13.2. The largest absolute Gasteiger partial charge is 0.410 e. The summed E-state index contributed by atoms with van der Waals surface area (Å²) in [5.74, 6) is 8.26. The Morgan fingerprint density at radius 3 is 1.19 bits per heavy atom. The number of hydrogen-bond donors (Lipinski definition) is 2. The molecule has 0 N–H and O–H groups in total. The van der Waals surface area contributed by atoms with Gasteiger partial charge in [-0.25, -0.2) is 30.0 Å². The highest BCUT2D eigenvalue weighted by Crippen LogP contribution is 2.49. The zero-order valence-corrected chi connectivity index (χ0v) is 35.9. The van der Waals surface area contributed by atoms with E-state index < -0.39 is 6.70 Å². The first kappa shape index (κ1) is 37.1. The number of rotatable bonds is 14. The molecule has 0 amide bonds. The molecule has 4 aromatic carbocycles. The third-order valence-corrected chi connectivity index (χ3v) is 23.1. The molecule has 0 saturated carbocycles. The number of benzene rings is 4. The maximum absolute atomic E-state index is 5.65. The minimum absolute atomic E-state index is 0.678. The van der Waals surface area contributed by atoms with Crippen LogP contribution in [0, 0.1) is 0 Å². The van der Waals surface area contributed by atoms with Crippen molar-refractivity contribution in [3.8, 4) is 0 Å². The minimum Gasteiger partial charge on any atom is -0.301 e. The van der Waals surface area contributed by atoms with Gasteiger partial charge in [-0.15, -0.1) is 22.4 Å². The summed E-state index contributed by atoms with van der Waals surface area (Å²) in [6.45, 7) is -3.22. The molecule has 4 aliphatic rings. The fourth-order valence-corrected chi connectivity index (χ4v) is 21.1. The third kappa shape index (κ3) is 6.41. The van der Waals surface area contributed by atoms with Crippen molar-refractivity contribution in [2.45, 2.75) is 51.4 Å². The SMILES string of the molecule is SCCCCCCS[Si]1(SCCCCCCS)n2c3c4ccccc4c2N=C2N=C(N=c4c5ccccc5c(n41)=NC1=NC(=N3)c3ccccc31)c1ccccc12. The van der Waals surface area contributed by atoms with E-state index in [-0.39, 0.29) is 0 Å². The number of aromatic nitrogens is 2. The molecule has 8 nitrogen and oxygen atoms in total. The summed E-state index contributed by atoms with van der Waals surface area (Å²) in [4.78, 5) is 33.1. The fraction of sp³-hybridized carbons (Fsp3) is 0.273. The van der Waals surface area contributed by atoms with Gasteiger partial charge in [0.2, 0.25) is 0 Å². The van der Waals surface area contributed by atoms with Crippen molar-refractivity contribution in [3.05, 3.63) is 130 Å². The lowest BCUT2D eigenvalue weighted by Gasteiger charge is -2.34. The van der Waals surface area contributed by atoms with Gasteiger partial charge in [0.25, 0.3) is 0 Å². The number of nitrogens with zero attached hydrogens (tertiary/aromatic N) is 8. The Hall–Kier alpha value is -4.14. The number of fused-ring (bicyclic) bond motifs is 14. The van der Waals surface area contributed by atoms with Gasteiger partial charge in [0.15, 0.2) is 23.3 Å². The molecule has 13 heteroatoms. The molecule has 0 unspecified atom stereocenters. The van der Waals surface area contributed by atoms with Crippen LogP contribution in [0.2, 0.25) is 0 Å². The van der Waals surface area contributed by atoms with E-state index in [1.54, 1.807) is 0 Å². The van der Waals surface area contributed by atoms with Gasteiger partial charge in [0, 0.05) is 43.8 Å². The molecule has 0 spiro atoms. The maximum atomic E-state index is 5.65. The van der Waals surface area contributed by atoms with Crippen molar-refractivity contribution in [1.82, 2.24) is 8.47 Å². The van der Waals surface area contributed by atoms with Crippen LogP contribution in [-0.4, -0.2) is 61.5 Å². The highest BCUT2D eigenvalue weighted by atomic mass is 32.6. The zero-order valence-electron chi connectivity index (χ0n) is 31.5. The minimum atomic E-state index is -3.22. The Balaban J connectivity index is 1.37. The first-order chi connectivity index (χ1) is 28.2. The van der Waals surface area contributed by atoms with Gasteiger partial charge in [-0.3, -0.25) is 0 Å². The first-order valence-corrected chi connectivity index (χ1v) is 26.5. The van der Waals surface area contributed by atoms with E-state index in [0.29, 0.717) is 23.3 Å². The lowest BCUT2D eigenvalue weighted by Crippen LogP contribution is -2.55. The molecule has 0 aliphatic carbocycles. The van der Waals surface area contributed by atoms with Gasteiger partial charge in [-0.2, -0.15) is 25.3 Å². The molecule has 6 heterocycles. The Morgan fingerprint density at radius 1 is 0.404 bits per heavy atom. The molecular weight excluding hydrogens is 797 g/mol. The fourth-order valence-electron chi connectivity index (χ4n) is 8.28. The second kappa shape index (κ2) is 15.9. The highest BCUT2D eigenvalue weighted by Gasteiger charge is 2.48. The Kier molecular flexibility index (Phi) is 10.4. The molecule has 6 aromatic rings. The number of unbranched alkanes of at least 4 members (excludes halogenated alkanes) is 6. The second-order valence-electron chi connectivity index (χ2n) is 14.6. The Bertz CT molecular complexity index is 2640. The number of hydrogen-bond acceptors (Lipinski definition) is 10. The van der Waals surface area contributed by atoms with E-state index in [0.717, 1.165) is 128 Å². The summed E-state index contributed by atoms with van der Waals surface area (Å²) in [6.07, 6.45) is 9.11. The van der Waals surface area contributed by atoms with Crippen molar-refractivity contribution >= 4 is 111 Å². The molecule has 0 radical (unpaired) electrons. The van der Waals surface area contributed by atoms with Crippen LogP contribution in [0.25, 0.3) is 21.5 Å². The molecule has 57 heavy (non-hydrogen) atoms. The van der Waals surface area contributed by atoms with Gasteiger partial charge in [-0.1, -0.05) is 123 Å². The number of aliphatic imine (C=N–C) groups is 4. The van der Waals surface area contributed by atoms with Gasteiger partial charge in [-0.05, 0) is 48.7 Å². The molecule has 2 aromatic heterocycles. The van der Waals surface area contributed by atoms with Crippen molar-refractivity contribution in [2.24, 2.45) is 30.0 Å². The van der Waals surface area contributed by atoms with Gasteiger partial charge in [0.1, 0.15) is 22.6 Å². The van der Waals surface area contributed by atoms with Crippen LogP contribution in [-0.2, 0) is 0 Å². The van der Waals surface area contributed by atoms with E-state index in [4.69, 9.17) is 30.0 Å². The van der Waals surface area contributed by atoms with Crippen molar-refractivity contribution < 1.29 is 0 Å². The molecule has 0 saturated heterocycles. The monoisotopic (exact) mass is 838 g/mol. The summed E-state index contributed by atoms with van der Waals surface area (Å²) < 4.78 is 5.10. The Morgan fingerprint density at radius 2 is 0.772 bits per heavy atom. The predicted octanol–water partition coefficient (Wildman–Crippen LogP) is 9.82. The van der Waals surface area contributed by atoms with Crippen LogP contribution in [0.1, 0.15) is 73.6 Å². The zero-order chi connectivity index (χ0) is 38.3. The van der Waals surface area contributed by atoms with Crippen LogP contribution in [0.15, 0.2) is 127 Å². The topological polar surface area (TPSA) is 84.0 Å². The van der Waals surface area contributed by atoms with Crippen molar-refractivity contribution in [2.75, 3.05) is 23.0 Å². The average molecular weight is 839 g/mol. The van der Waals surface area contributed by atoms with E-state index in [9.17, 15) is 0 Å². The molecule has 286 valence electrons. The van der Waals surface area contributed by atoms with Gasteiger partial charge in [0.05, 0.1) is 0 Å². The normalized spacial score (nSPS) is 15.6. The summed E-state index contributed by atoms with van der Waals surface area (Å²) in [6, 6.07) is 34.0. The second-order valence-corrected chi connectivity index (χ2v) is 24.8. The molecule has 0 atom stereocenters. The highest BCUT2D eigenvalue weighted by molar-refractivity contribution is 8.57. The van der Waals surface area contributed by atoms with E-state index in [1.165, 1.54) is 12.8 Å². The molecule has 4 aliphatic heterocycles. The maximum Gasteiger partial charge on any atom is 0.410 e. The smallest absolute Gasteiger partial charge is 0.301 e. The first-order valence-electron chi connectivity index (χ1n) is 20.0. The summed E-state index contributed by atoms with van der Waals surface area (Å²) in [7, 11) is 0. The van der Waals surface area contributed by atoms with Gasteiger partial charge < -0.3 is 8.47 Å². The van der Waals surface area contributed by atoms with Crippen LogP contribution >= 0.6 is 47.7 Å². The van der Waals surface area contributed by atoms with Crippen LogP contribution < -0.4 is 11.0 Å². The Labute approximate surface area is 351 Å². The molecule has 10 rings (SSSR count). The lowest BCUT2D eigenvalue weighted by atomic mass is 10.1. The number of thiol groups is 2. The molecule has 0 fully saturated rings. The van der Waals surface area contributed by atoms with E-state index >= 15 is 0 Å². The summed E-state index contributed by atoms with van der Waals surface area (Å²) in [5.41, 5.74) is 5.70. The van der Waals surface area contributed by atoms with E-state index in [2.05, 4.69) is 153 Å². The third-order valence-electron chi connectivity index (χ3n) is 11.0. The van der Waals surface area contributed by atoms with Crippen molar-refractivity contribution in [1.29, 1.82) is 0 Å². The van der Waals surface area contributed by atoms with Gasteiger partial charge >= 0.3 is 6.70 Å². The summed E-state index contributed by atoms with van der Waals surface area (Å²) in [5, 5.41) is 4.20. The molecular formula is C44H42N8S4Si. The standard InChI is InChI=1S/C44H42N8S4Si/c53-25-13-1-3-15-27-55-57(56-28-16-4-2-14-26-54)51-41-33-21-9-10-22-34(33)43(51)49-39-31-19-7-8-20-32(31)40(46-39)50-44-36-24-12-11-23-35(36)42(52(44)57)48-38-30-18-6-5-17-29(30)37(45-38)47-41/h5-12,17-24,53-54H,1-4,13-16,25-28H2.